The number of quaternary nitrogens is 1. The molecule has 2 atom stereocenters. The lowest BCUT2D eigenvalue weighted by atomic mass is 10.0. The summed E-state index contributed by atoms with van der Waals surface area (Å²) in [5.41, 5.74) is 0. The second-order valence-electron chi connectivity index (χ2n) is 16.1. The minimum absolute atomic E-state index is 0.0158. The molecule has 0 bridgehead atoms. The Morgan fingerprint density at radius 3 is 1.43 bits per heavy atom. The van der Waals surface area contributed by atoms with E-state index < -0.39 is 26.5 Å². The molecule has 0 fully saturated rings. The first kappa shape index (κ1) is 55.5. The topological polar surface area (TPSA) is 108 Å². The molecular weight excluding hydrogens is 750 g/mol. The summed E-state index contributed by atoms with van der Waals surface area (Å²) in [6, 6.07) is 0. The molecule has 1 N–H and O–H groups in total. The molecule has 0 aromatic carbocycles. The highest BCUT2D eigenvalue weighted by Gasteiger charge is 2.27. The summed E-state index contributed by atoms with van der Waals surface area (Å²) in [6.07, 6.45) is 49.6. The second kappa shape index (κ2) is 39.9. The number of rotatable bonds is 40. The Labute approximate surface area is 355 Å². The predicted octanol–water partition coefficient (Wildman–Crippen LogP) is 13.0. The fourth-order valence-corrected chi connectivity index (χ4v) is 6.49. The fraction of sp³-hybridized carbons (Fsp3) is 0.708. The minimum atomic E-state index is -4.40. The summed E-state index contributed by atoms with van der Waals surface area (Å²) in [5, 5.41) is 0. The number of phosphoric acid groups is 1. The number of unbranched alkanes of at least 4 members (excludes halogenated alkanes) is 14. The van der Waals surface area contributed by atoms with Crippen LogP contribution in [0.4, 0.5) is 0 Å². The smallest absolute Gasteiger partial charge is 0.462 e. The number of carbonyl (C=O) groups excluding carboxylic acids is 2. The van der Waals surface area contributed by atoms with Crippen molar-refractivity contribution in [1.29, 1.82) is 0 Å². The lowest BCUT2D eigenvalue weighted by molar-refractivity contribution is -0.870. The van der Waals surface area contributed by atoms with Gasteiger partial charge in [-0.05, 0) is 51.4 Å². The molecule has 334 valence electrons. The van der Waals surface area contributed by atoms with Crippen molar-refractivity contribution in [2.24, 2.45) is 0 Å². The van der Waals surface area contributed by atoms with Crippen LogP contribution in [-0.4, -0.2) is 74.9 Å². The van der Waals surface area contributed by atoms with Crippen LogP contribution in [0.1, 0.15) is 168 Å². The van der Waals surface area contributed by atoms with E-state index in [0.29, 0.717) is 17.4 Å². The summed E-state index contributed by atoms with van der Waals surface area (Å²) in [7, 11) is 1.42. The molecule has 0 amide bonds. The Morgan fingerprint density at radius 1 is 0.552 bits per heavy atom. The van der Waals surface area contributed by atoms with Gasteiger partial charge in [0.25, 0.3) is 0 Å². The summed E-state index contributed by atoms with van der Waals surface area (Å²) in [6.45, 7) is 4.22. The van der Waals surface area contributed by atoms with Crippen molar-refractivity contribution >= 4 is 19.8 Å². The predicted molar refractivity (Wildman–Crippen MR) is 242 cm³/mol. The van der Waals surface area contributed by atoms with E-state index in [1.54, 1.807) is 0 Å². The van der Waals surface area contributed by atoms with Crippen LogP contribution in [0.25, 0.3) is 0 Å². The standard InChI is InChI=1S/C48H84NO8P/c1-6-8-10-12-14-16-18-20-22-23-24-25-27-29-31-33-35-37-39-41-48(51)57-46(45-56-58(52,53)55-43-42-49(3,4)5)44-54-47(50)40-38-36-34-32-30-28-26-21-19-17-15-13-11-9-7-2/h8,10,14,16,20,22,24-25,29,31,35,37,46H,6-7,9,11-13,15,17-19,21,23,26-28,30,32-34,36,38-45H2,1-5H3/p+1/b10-8+,16-14+,22-20+,25-24+,31-29+,37-35+/t46-/m1/s1. The molecule has 0 heterocycles. The van der Waals surface area contributed by atoms with Gasteiger partial charge in [0.2, 0.25) is 0 Å². The Hall–Kier alpha value is -2.55. The molecule has 0 aliphatic heterocycles. The average molecular weight is 835 g/mol. The lowest BCUT2D eigenvalue weighted by Gasteiger charge is -2.24. The third-order valence-electron chi connectivity index (χ3n) is 9.26. The van der Waals surface area contributed by atoms with Crippen LogP contribution in [0, 0.1) is 0 Å². The maximum atomic E-state index is 12.7. The normalized spacial score (nSPS) is 14.2. The summed E-state index contributed by atoms with van der Waals surface area (Å²) >= 11 is 0. The fourth-order valence-electron chi connectivity index (χ4n) is 5.75. The number of phosphoric ester groups is 1. The molecule has 10 heteroatoms. The highest BCUT2D eigenvalue weighted by molar-refractivity contribution is 7.47. The molecule has 0 saturated carbocycles. The van der Waals surface area contributed by atoms with E-state index in [0.717, 1.165) is 57.8 Å². The SMILES string of the molecule is CC/C=C/C/C=C/C/C=C/C/C=C/C/C=C/C/C=C/CCC(=O)O[C@H](COC(=O)CCCCCCCCCCCCCCCCC)COP(=O)(O)OCC[N+](C)(C)C. The molecule has 1 unspecified atom stereocenters. The van der Waals surface area contributed by atoms with Crippen molar-refractivity contribution in [2.45, 2.75) is 174 Å². The molecule has 9 nitrogen and oxygen atoms in total. The van der Waals surface area contributed by atoms with Crippen molar-refractivity contribution < 1.29 is 42.1 Å². The van der Waals surface area contributed by atoms with E-state index in [1.807, 2.05) is 33.3 Å². The molecular formula is C48H85NO8P+. The van der Waals surface area contributed by atoms with E-state index in [4.69, 9.17) is 18.5 Å². The van der Waals surface area contributed by atoms with Crippen LogP contribution in [0.3, 0.4) is 0 Å². The number of hydrogen-bond acceptors (Lipinski definition) is 7. The zero-order chi connectivity index (χ0) is 42.8. The number of hydrogen-bond donors (Lipinski definition) is 1. The molecule has 0 rings (SSSR count). The Bertz CT molecular complexity index is 1220. The molecule has 0 aliphatic rings. The molecule has 58 heavy (non-hydrogen) atoms. The first-order valence-corrected chi connectivity index (χ1v) is 24.2. The number of nitrogens with zero attached hydrogens (tertiary/aromatic N) is 1. The van der Waals surface area contributed by atoms with Gasteiger partial charge in [-0.15, -0.1) is 0 Å². The third-order valence-corrected chi connectivity index (χ3v) is 10.2. The Morgan fingerprint density at radius 2 is 0.983 bits per heavy atom. The van der Waals surface area contributed by atoms with Crippen molar-refractivity contribution in [3.05, 3.63) is 72.9 Å². The Kier molecular flexibility index (Phi) is 38.1. The van der Waals surface area contributed by atoms with E-state index in [9.17, 15) is 19.0 Å². The monoisotopic (exact) mass is 835 g/mol. The summed E-state index contributed by atoms with van der Waals surface area (Å²) in [5.74, 6) is -0.898. The van der Waals surface area contributed by atoms with Crippen molar-refractivity contribution in [1.82, 2.24) is 0 Å². The van der Waals surface area contributed by atoms with Crippen LogP contribution in [0.15, 0.2) is 72.9 Å². The summed E-state index contributed by atoms with van der Waals surface area (Å²) < 4.78 is 34.2. The maximum absolute atomic E-state index is 12.7. The van der Waals surface area contributed by atoms with Gasteiger partial charge < -0.3 is 18.9 Å². The van der Waals surface area contributed by atoms with Crippen LogP contribution in [0.2, 0.25) is 0 Å². The van der Waals surface area contributed by atoms with E-state index in [1.165, 1.54) is 77.0 Å². The average Bonchev–Trinajstić information content (AvgIpc) is 3.17. The van der Waals surface area contributed by atoms with Crippen molar-refractivity contribution in [2.75, 3.05) is 47.5 Å². The van der Waals surface area contributed by atoms with Gasteiger partial charge >= 0.3 is 19.8 Å². The number of esters is 2. The number of likely N-dealkylation sites (N-methyl/N-ethyl adjacent to an activating group) is 1. The minimum Gasteiger partial charge on any atom is -0.462 e. The third kappa shape index (κ3) is 43.0. The van der Waals surface area contributed by atoms with Gasteiger partial charge in [0.15, 0.2) is 6.10 Å². The van der Waals surface area contributed by atoms with E-state index in [2.05, 4.69) is 74.6 Å². The van der Waals surface area contributed by atoms with Crippen LogP contribution >= 0.6 is 7.82 Å². The molecule has 0 saturated heterocycles. The molecule has 0 aromatic rings. The van der Waals surface area contributed by atoms with Gasteiger partial charge in [-0.1, -0.05) is 177 Å². The van der Waals surface area contributed by atoms with Crippen molar-refractivity contribution in [3.8, 4) is 0 Å². The number of carbonyl (C=O) groups is 2. The van der Waals surface area contributed by atoms with E-state index >= 15 is 0 Å². The highest BCUT2D eigenvalue weighted by Crippen LogP contribution is 2.43. The number of ether oxygens (including phenoxy) is 2. The molecule has 0 radical (unpaired) electrons. The van der Waals surface area contributed by atoms with Gasteiger partial charge in [-0.25, -0.2) is 4.57 Å². The van der Waals surface area contributed by atoms with Crippen LogP contribution < -0.4 is 0 Å². The van der Waals surface area contributed by atoms with E-state index in [-0.39, 0.29) is 32.0 Å². The zero-order valence-corrected chi connectivity index (χ0v) is 38.4. The van der Waals surface area contributed by atoms with Gasteiger partial charge in [0, 0.05) is 12.8 Å². The summed E-state index contributed by atoms with van der Waals surface area (Å²) in [4.78, 5) is 35.4. The van der Waals surface area contributed by atoms with Crippen LogP contribution in [-0.2, 0) is 32.7 Å². The molecule has 0 spiro atoms. The van der Waals surface area contributed by atoms with Crippen LogP contribution in [0.5, 0.6) is 0 Å². The van der Waals surface area contributed by atoms with Gasteiger partial charge in [-0.3, -0.25) is 18.6 Å². The lowest BCUT2D eigenvalue weighted by Crippen LogP contribution is -2.37. The van der Waals surface area contributed by atoms with Crippen molar-refractivity contribution in [3.63, 3.8) is 0 Å². The second-order valence-corrected chi connectivity index (χ2v) is 17.5. The first-order chi connectivity index (χ1) is 28.0. The first-order valence-electron chi connectivity index (χ1n) is 22.7. The number of allylic oxidation sites excluding steroid dienone is 12. The highest BCUT2D eigenvalue weighted by atomic mass is 31.2. The molecule has 0 aromatic heterocycles. The van der Waals surface area contributed by atoms with Gasteiger partial charge in [-0.2, -0.15) is 0 Å². The largest absolute Gasteiger partial charge is 0.472 e. The van der Waals surface area contributed by atoms with Gasteiger partial charge in [0.05, 0.1) is 27.7 Å². The maximum Gasteiger partial charge on any atom is 0.472 e. The van der Waals surface area contributed by atoms with Gasteiger partial charge in [0.1, 0.15) is 19.8 Å². The quantitative estimate of drug-likeness (QED) is 0.0214. The Balaban J connectivity index is 4.48. The molecule has 0 aliphatic carbocycles. The zero-order valence-electron chi connectivity index (χ0n) is 37.5.